The fraction of sp³-hybridized carbons (Fsp3) is 0.431. The summed E-state index contributed by atoms with van der Waals surface area (Å²) in [6, 6.07) is 48.1. The van der Waals surface area contributed by atoms with E-state index in [1.54, 1.807) is 57.7 Å². The first-order chi connectivity index (χ1) is 40.2. The minimum absolute atomic E-state index is 0.00964. The van der Waals surface area contributed by atoms with Crippen molar-refractivity contribution in [2.24, 2.45) is 0 Å². The highest BCUT2D eigenvalue weighted by molar-refractivity contribution is 6.87. The van der Waals surface area contributed by atoms with E-state index < -0.39 is 49.2 Å². The molecule has 0 saturated carbocycles. The summed E-state index contributed by atoms with van der Waals surface area (Å²) in [5, 5.41) is 18.7. The normalized spacial score (nSPS) is 13.0. The second-order valence-corrected chi connectivity index (χ2v) is 41.5. The largest absolute Gasteiger partial charge is 0.661 e. The van der Waals surface area contributed by atoms with Gasteiger partial charge in [-0.15, -0.1) is 0 Å². The summed E-state index contributed by atoms with van der Waals surface area (Å²) in [5.74, 6) is 3.65. The Morgan fingerprint density at radius 3 is 1.28 bits per heavy atom. The lowest BCUT2D eigenvalue weighted by atomic mass is 9.78. The molecule has 2 N–H and O–H groups in total. The Kier molecular flexibility index (Phi) is 26.5. The molecule has 85 heavy (non-hydrogen) atoms. The number of phenolic OH excluding ortho intramolecular Hbond substituents is 1. The Labute approximate surface area is 512 Å². The second kappa shape index (κ2) is 32.0. The van der Waals surface area contributed by atoms with Crippen LogP contribution in [0.3, 0.4) is 0 Å². The van der Waals surface area contributed by atoms with Crippen molar-refractivity contribution in [3.63, 3.8) is 0 Å². The van der Waals surface area contributed by atoms with E-state index >= 15 is 0 Å². The van der Waals surface area contributed by atoms with Gasteiger partial charge in [-0.2, -0.15) is 0 Å². The van der Waals surface area contributed by atoms with Crippen LogP contribution in [0.4, 0.5) is 4.79 Å². The Morgan fingerprint density at radius 1 is 0.471 bits per heavy atom. The van der Waals surface area contributed by atoms with Crippen molar-refractivity contribution in [1.29, 1.82) is 0 Å². The lowest BCUT2D eigenvalue weighted by Gasteiger charge is -2.41. The Bertz CT molecular complexity index is 2950. The van der Waals surface area contributed by atoms with Crippen molar-refractivity contribution < 1.29 is 68.4 Å². The Hall–Kier alpha value is -5.45. The minimum atomic E-state index is -3.62. The summed E-state index contributed by atoms with van der Waals surface area (Å²) in [5.41, 5.74) is 6.18. The van der Waals surface area contributed by atoms with Crippen LogP contribution >= 0.6 is 0 Å². The van der Waals surface area contributed by atoms with Crippen molar-refractivity contribution >= 4 is 49.2 Å². The van der Waals surface area contributed by atoms with Crippen molar-refractivity contribution in [2.45, 2.75) is 136 Å². The molecule has 0 spiro atoms. The lowest BCUT2D eigenvalue weighted by Crippen LogP contribution is -2.64. The number of aromatic hydroxyl groups is 1. The van der Waals surface area contributed by atoms with Gasteiger partial charge in [0, 0.05) is 38.7 Å². The maximum atomic E-state index is 12.4. The molecular weight excluding hydrogens is 1160 g/mol. The van der Waals surface area contributed by atoms with Crippen LogP contribution in [0.1, 0.15) is 87.8 Å². The molecule has 0 aliphatic carbocycles. The maximum Gasteiger partial charge on any atom is 0.661 e. The highest BCUT2D eigenvalue weighted by atomic mass is 28.5. The number of para-hydroxylation sites is 2. The summed E-state index contributed by atoms with van der Waals surface area (Å²) >= 11 is 0. The average Bonchev–Trinajstić information content (AvgIpc) is 2.88. The van der Waals surface area contributed by atoms with Crippen molar-refractivity contribution in [3.8, 4) is 34.5 Å². The quantitative estimate of drug-likeness (QED) is 0.0232. The van der Waals surface area contributed by atoms with E-state index in [4.69, 9.17) is 58.5 Å². The fourth-order valence-corrected chi connectivity index (χ4v) is 30.1. The molecule has 0 amide bonds. The molecule has 20 heteroatoms. The zero-order valence-corrected chi connectivity index (χ0v) is 58.1. The zero-order valence-electron chi connectivity index (χ0n) is 53.1. The number of benzene rings is 6. The maximum absolute atomic E-state index is 12.4. The summed E-state index contributed by atoms with van der Waals surface area (Å²) < 4.78 is 72.4. The minimum Gasteiger partial charge on any atom is -0.508 e. The third kappa shape index (κ3) is 21.7. The van der Waals surface area contributed by atoms with E-state index in [1.807, 2.05) is 118 Å². The molecule has 464 valence electrons. The second-order valence-electron chi connectivity index (χ2n) is 23.5. The fourth-order valence-electron chi connectivity index (χ4n) is 10.0. The van der Waals surface area contributed by atoms with Gasteiger partial charge in [-0.3, -0.25) is 0 Å². The van der Waals surface area contributed by atoms with Crippen molar-refractivity contribution in [3.05, 3.63) is 179 Å². The average molecular weight is 1260 g/mol. The van der Waals surface area contributed by atoms with Crippen LogP contribution in [-0.4, -0.2) is 107 Å². The lowest BCUT2D eigenvalue weighted by molar-refractivity contribution is 0.0441. The number of carbonyl (C=O) groups is 1. The number of hydrogen-bond donors (Lipinski definition) is 2. The standard InChI is InChI=1S/C33H34O5.C32H60O10Si5/c1-6-36-28-17-9-24(10-18-28)33(4,5)26-13-21-30(22-14-26)38-31(35)37-29-19-11-25(12-20-29)32(2,3)23-7-15-27(34)16-8-23;1-12-37-31-23-15-13-19-29(31)21-18-28-44(7,8)40-47(35-3,36-4)42-46(11,34-2)41-45(9,10)39-43(5,6)27-17-22-30-20-14-16-24-32(30)38-26-25-33/h7-22,34H,6H2,1-5H3;13-16,19-20,23-24,33H,12,17-18,21-22,25-28H2,1-11H3. The number of rotatable bonds is 32. The molecule has 0 aliphatic rings. The Balaban J connectivity index is 0.000000317. The molecule has 0 aliphatic heterocycles. The van der Waals surface area contributed by atoms with Crippen LogP contribution in [0.5, 0.6) is 34.5 Å². The van der Waals surface area contributed by atoms with E-state index in [-0.39, 0.29) is 29.8 Å². The van der Waals surface area contributed by atoms with Gasteiger partial charge in [-0.25, -0.2) is 4.79 Å². The van der Waals surface area contributed by atoms with Crippen LogP contribution in [0.25, 0.3) is 0 Å². The summed E-state index contributed by atoms with van der Waals surface area (Å²) in [6.45, 7) is 28.7. The zero-order chi connectivity index (χ0) is 62.5. The topological polar surface area (TPSA) is 168 Å². The molecule has 0 fully saturated rings. The van der Waals surface area contributed by atoms with Gasteiger partial charge in [-0.1, -0.05) is 113 Å². The van der Waals surface area contributed by atoms with Crippen molar-refractivity contribution in [2.75, 3.05) is 47.8 Å². The van der Waals surface area contributed by atoms with Gasteiger partial charge in [-0.05, 0) is 185 Å². The van der Waals surface area contributed by atoms with Crippen LogP contribution in [0.15, 0.2) is 146 Å². The summed E-state index contributed by atoms with van der Waals surface area (Å²) in [7, 11) is -9.40. The molecule has 15 nitrogen and oxygen atoms in total. The molecule has 6 rings (SSSR count). The number of ether oxygens (including phenoxy) is 5. The predicted molar refractivity (Wildman–Crippen MR) is 348 cm³/mol. The molecule has 6 aromatic carbocycles. The molecule has 0 bridgehead atoms. The van der Waals surface area contributed by atoms with Crippen LogP contribution < -0.4 is 23.7 Å². The van der Waals surface area contributed by atoms with Gasteiger partial charge < -0.3 is 63.6 Å². The van der Waals surface area contributed by atoms with E-state index in [9.17, 15) is 9.90 Å². The van der Waals surface area contributed by atoms with Crippen LogP contribution in [0, 0.1) is 0 Å². The van der Waals surface area contributed by atoms with Gasteiger partial charge in [0.15, 0.2) is 16.6 Å². The molecule has 1 atom stereocenters. The number of aliphatic hydroxyl groups is 1. The third-order valence-corrected chi connectivity index (χ3v) is 32.8. The first-order valence-electron chi connectivity index (χ1n) is 29.3. The van der Waals surface area contributed by atoms with E-state index in [0.717, 1.165) is 82.8 Å². The van der Waals surface area contributed by atoms with E-state index in [0.29, 0.717) is 24.7 Å². The highest BCUT2D eigenvalue weighted by Crippen LogP contribution is 2.36. The number of aliphatic hydroxyl groups excluding tert-OH is 1. The first-order valence-corrected chi connectivity index (χ1v) is 42.2. The van der Waals surface area contributed by atoms with Crippen LogP contribution in [0.2, 0.25) is 57.9 Å². The number of aryl methyl sites for hydroxylation is 2. The molecular formula is C65H94O15Si5. The molecule has 0 saturated heterocycles. The van der Waals surface area contributed by atoms with Gasteiger partial charge in [0.1, 0.15) is 41.1 Å². The van der Waals surface area contributed by atoms with Crippen LogP contribution in [-0.2, 0) is 53.4 Å². The predicted octanol–water partition coefficient (Wildman–Crippen LogP) is 15.2. The van der Waals surface area contributed by atoms with Gasteiger partial charge in [0.2, 0.25) is 0 Å². The van der Waals surface area contributed by atoms with E-state index in [2.05, 4.69) is 78.1 Å². The number of hydrogen-bond acceptors (Lipinski definition) is 15. The highest BCUT2D eigenvalue weighted by Gasteiger charge is 2.57. The number of phenols is 1. The summed E-state index contributed by atoms with van der Waals surface area (Å²) in [4.78, 5) is 12.4. The summed E-state index contributed by atoms with van der Waals surface area (Å²) in [6.07, 6.45) is 2.84. The van der Waals surface area contributed by atoms with Gasteiger partial charge >= 0.3 is 32.6 Å². The Morgan fingerprint density at radius 2 is 0.871 bits per heavy atom. The monoisotopic (exact) mass is 1250 g/mol. The molecule has 6 aromatic rings. The SMILES string of the molecule is CCOc1ccc(C(C)(C)c2ccc(OC(=O)Oc3ccc(C(C)(C)c4ccc(O)cc4)cc3)cc2)cc1.CCOc1ccccc1CCC[Si](C)(C)O[Si](OC)(OC)O[Si](C)(OC)O[Si](C)(C)O[Si](C)(C)CCCc1ccccc1OCCO. The van der Waals surface area contributed by atoms with Gasteiger partial charge in [0.25, 0.3) is 0 Å². The third-order valence-electron chi connectivity index (χ3n) is 14.6. The molecule has 0 aromatic heterocycles. The van der Waals surface area contributed by atoms with E-state index in [1.165, 1.54) is 5.56 Å². The van der Waals surface area contributed by atoms with Gasteiger partial charge in [0.05, 0.1) is 19.8 Å². The number of carbonyl (C=O) groups excluding carboxylic acids is 1. The first kappa shape index (κ1) is 70.3. The molecule has 1 unspecified atom stereocenters. The van der Waals surface area contributed by atoms with Crippen molar-refractivity contribution in [1.82, 2.24) is 0 Å². The molecule has 0 radical (unpaired) electrons. The smallest absolute Gasteiger partial charge is 0.508 e. The molecule has 0 heterocycles.